The molecule has 0 spiro atoms. The first-order chi connectivity index (χ1) is 9.40. The van der Waals surface area contributed by atoms with E-state index < -0.39 is 0 Å². The Morgan fingerprint density at radius 2 is 1.19 bits per heavy atom. The van der Waals surface area contributed by atoms with Crippen molar-refractivity contribution in [2.75, 3.05) is 0 Å². The first-order valence-corrected chi connectivity index (χ1v) is 5.64. The van der Waals surface area contributed by atoms with Gasteiger partial charge in [-0.1, -0.05) is 6.07 Å². The highest BCUT2D eigenvalue weighted by molar-refractivity contribution is 6.01. The van der Waals surface area contributed by atoms with Crippen molar-refractivity contribution in [3.05, 3.63) is 29.6 Å². The van der Waals surface area contributed by atoms with Gasteiger partial charge in [-0.2, -0.15) is 10.2 Å². The standard InChI is InChI=1S/C11H17N9.ClH/c1-6(17-19-10(12)13)8-4-3-5-9(16-8)7(2)18-20-11(14)15;/h3-5H,1-2H3,(H4,12,13,19)(H4,14,15,20);1H/b17-6+,18-7+;. The summed E-state index contributed by atoms with van der Waals surface area (Å²) < 4.78 is 0. The van der Waals surface area contributed by atoms with Crippen LogP contribution in [0.15, 0.2) is 38.6 Å². The zero-order chi connectivity index (χ0) is 15.1. The van der Waals surface area contributed by atoms with Crippen LogP contribution in [-0.4, -0.2) is 28.3 Å². The Labute approximate surface area is 128 Å². The third kappa shape index (κ3) is 6.34. The molecule has 0 aliphatic carbocycles. The molecule has 0 fully saturated rings. The van der Waals surface area contributed by atoms with Crippen LogP contribution >= 0.6 is 12.4 Å². The quantitative estimate of drug-likeness (QED) is 0.333. The summed E-state index contributed by atoms with van der Waals surface area (Å²) in [6.07, 6.45) is 0. The fourth-order valence-corrected chi connectivity index (χ4v) is 1.21. The normalized spacial score (nSPS) is 11.3. The zero-order valence-corrected chi connectivity index (χ0v) is 12.5. The van der Waals surface area contributed by atoms with Crippen molar-refractivity contribution in [2.24, 2.45) is 43.3 Å². The lowest BCUT2D eigenvalue weighted by atomic mass is 10.2. The predicted octanol–water partition coefficient (Wildman–Crippen LogP) is -0.502. The number of hydrogen-bond acceptors (Lipinski definition) is 5. The van der Waals surface area contributed by atoms with E-state index in [0.717, 1.165) is 0 Å². The number of aromatic nitrogens is 1. The Kier molecular flexibility index (Phi) is 7.40. The highest BCUT2D eigenvalue weighted by Gasteiger charge is 2.04. The molecule has 0 aliphatic rings. The van der Waals surface area contributed by atoms with E-state index >= 15 is 0 Å². The van der Waals surface area contributed by atoms with Gasteiger partial charge in [0.2, 0.25) is 11.9 Å². The molecule has 1 aromatic heterocycles. The van der Waals surface area contributed by atoms with Gasteiger partial charge in [0.1, 0.15) is 0 Å². The van der Waals surface area contributed by atoms with Crippen LogP contribution in [0.25, 0.3) is 0 Å². The summed E-state index contributed by atoms with van der Waals surface area (Å²) in [7, 11) is 0. The molecule has 10 heteroatoms. The summed E-state index contributed by atoms with van der Waals surface area (Å²) in [5.74, 6) is -0.239. The molecule has 0 atom stereocenters. The van der Waals surface area contributed by atoms with Gasteiger partial charge in [-0.3, -0.25) is 0 Å². The molecule has 1 rings (SSSR count). The summed E-state index contributed by atoms with van der Waals surface area (Å²) in [5, 5.41) is 14.8. The molecule has 0 aliphatic heterocycles. The Balaban J connectivity index is 0.00000400. The van der Waals surface area contributed by atoms with Gasteiger partial charge in [0.15, 0.2) is 0 Å². The van der Waals surface area contributed by atoms with Crippen molar-refractivity contribution < 1.29 is 0 Å². The first kappa shape index (κ1) is 18.3. The van der Waals surface area contributed by atoms with E-state index in [9.17, 15) is 0 Å². The van der Waals surface area contributed by atoms with Gasteiger partial charge in [-0.05, 0) is 26.0 Å². The lowest BCUT2D eigenvalue weighted by molar-refractivity contribution is 1.15. The minimum Gasteiger partial charge on any atom is -0.369 e. The number of hydrogen-bond donors (Lipinski definition) is 4. The van der Waals surface area contributed by atoms with E-state index in [1.165, 1.54) is 0 Å². The van der Waals surface area contributed by atoms with Crippen molar-refractivity contribution in [3.63, 3.8) is 0 Å². The van der Waals surface area contributed by atoms with E-state index in [0.29, 0.717) is 22.8 Å². The van der Waals surface area contributed by atoms with Gasteiger partial charge < -0.3 is 22.9 Å². The van der Waals surface area contributed by atoms with E-state index in [-0.39, 0.29) is 24.3 Å². The monoisotopic (exact) mass is 311 g/mol. The molecule has 0 amide bonds. The average molecular weight is 312 g/mol. The van der Waals surface area contributed by atoms with Crippen LogP contribution in [-0.2, 0) is 0 Å². The molecular formula is C11H18ClN9. The predicted molar refractivity (Wildman–Crippen MR) is 87.5 cm³/mol. The Morgan fingerprint density at radius 1 is 0.810 bits per heavy atom. The van der Waals surface area contributed by atoms with Crippen molar-refractivity contribution in [1.29, 1.82) is 0 Å². The zero-order valence-electron chi connectivity index (χ0n) is 11.7. The lowest BCUT2D eigenvalue weighted by Crippen LogP contribution is -2.22. The molecule has 1 aromatic rings. The third-order valence-corrected chi connectivity index (χ3v) is 2.12. The van der Waals surface area contributed by atoms with Gasteiger partial charge in [-0.15, -0.1) is 22.6 Å². The van der Waals surface area contributed by atoms with Crippen molar-refractivity contribution in [1.82, 2.24) is 4.98 Å². The molecule has 8 N–H and O–H groups in total. The lowest BCUT2D eigenvalue weighted by Gasteiger charge is -2.02. The van der Waals surface area contributed by atoms with Gasteiger partial charge in [0, 0.05) is 0 Å². The Morgan fingerprint density at radius 3 is 1.52 bits per heavy atom. The van der Waals surface area contributed by atoms with Gasteiger partial charge in [0.05, 0.1) is 22.8 Å². The van der Waals surface area contributed by atoms with Gasteiger partial charge in [0.25, 0.3) is 0 Å². The molecule has 1 heterocycles. The van der Waals surface area contributed by atoms with E-state index in [2.05, 4.69) is 25.4 Å². The second-order valence-electron chi connectivity index (χ2n) is 3.83. The third-order valence-electron chi connectivity index (χ3n) is 2.12. The largest absolute Gasteiger partial charge is 0.369 e. The topological polar surface area (TPSA) is 166 Å². The maximum Gasteiger partial charge on any atom is 0.211 e. The minimum absolute atomic E-state index is 0. The van der Waals surface area contributed by atoms with Crippen LogP contribution in [0, 0.1) is 0 Å². The second-order valence-corrected chi connectivity index (χ2v) is 3.83. The summed E-state index contributed by atoms with van der Waals surface area (Å²) in [6.45, 7) is 3.47. The summed E-state index contributed by atoms with van der Waals surface area (Å²) >= 11 is 0. The molecule has 0 aromatic carbocycles. The molecule has 0 saturated heterocycles. The molecule has 0 unspecified atom stereocenters. The van der Waals surface area contributed by atoms with Gasteiger partial charge in [-0.25, -0.2) is 4.98 Å². The number of halogens is 1. The Hall–Kier alpha value is -2.68. The number of rotatable bonds is 4. The smallest absolute Gasteiger partial charge is 0.211 e. The van der Waals surface area contributed by atoms with Crippen molar-refractivity contribution in [3.8, 4) is 0 Å². The SMILES string of the molecule is C/C(=N\N=C(N)N)c1cccc(/C(C)=N/N=C(N)N)n1.Cl. The summed E-state index contributed by atoms with van der Waals surface area (Å²) in [4.78, 5) is 4.37. The summed E-state index contributed by atoms with van der Waals surface area (Å²) in [5.41, 5.74) is 23.2. The number of nitrogens with two attached hydrogens (primary N) is 4. The molecule has 0 saturated carbocycles. The fraction of sp³-hybridized carbons (Fsp3) is 0.182. The average Bonchev–Trinajstić information content (AvgIpc) is 2.42. The van der Waals surface area contributed by atoms with Crippen LogP contribution in [0.4, 0.5) is 0 Å². The van der Waals surface area contributed by atoms with Gasteiger partial charge >= 0.3 is 0 Å². The van der Waals surface area contributed by atoms with Crippen LogP contribution in [0.5, 0.6) is 0 Å². The van der Waals surface area contributed by atoms with E-state index in [1.54, 1.807) is 32.0 Å². The number of nitrogens with zero attached hydrogens (tertiary/aromatic N) is 5. The molecule has 21 heavy (non-hydrogen) atoms. The molecular weight excluding hydrogens is 294 g/mol. The van der Waals surface area contributed by atoms with E-state index in [1.807, 2.05) is 0 Å². The molecule has 9 nitrogen and oxygen atoms in total. The molecule has 0 bridgehead atoms. The highest BCUT2D eigenvalue weighted by Crippen LogP contribution is 2.03. The highest BCUT2D eigenvalue weighted by atomic mass is 35.5. The van der Waals surface area contributed by atoms with Crippen molar-refractivity contribution in [2.45, 2.75) is 13.8 Å². The van der Waals surface area contributed by atoms with Crippen LogP contribution in [0.2, 0.25) is 0 Å². The maximum absolute atomic E-state index is 5.21. The van der Waals surface area contributed by atoms with Crippen LogP contribution in [0.1, 0.15) is 25.2 Å². The minimum atomic E-state index is -0.119. The van der Waals surface area contributed by atoms with Crippen molar-refractivity contribution >= 4 is 35.7 Å². The second kappa shape index (κ2) is 8.48. The fourth-order valence-electron chi connectivity index (χ4n) is 1.21. The van der Waals surface area contributed by atoms with E-state index in [4.69, 9.17) is 22.9 Å². The van der Waals surface area contributed by atoms with Crippen LogP contribution < -0.4 is 22.9 Å². The maximum atomic E-state index is 5.21. The molecule has 114 valence electrons. The Bertz CT molecular complexity index is 546. The van der Waals surface area contributed by atoms with Crippen LogP contribution in [0.3, 0.4) is 0 Å². The first-order valence-electron chi connectivity index (χ1n) is 5.64. The number of pyridine rings is 1. The molecule has 0 radical (unpaired) electrons. The summed E-state index contributed by atoms with van der Waals surface area (Å²) in [6, 6.07) is 5.36. The number of guanidine groups is 2.